The van der Waals surface area contributed by atoms with E-state index in [1.807, 2.05) is 14.0 Å². The first kappa shape index (κ1) is 15.5. The first-order chi connectivity index (χ1) is 8.93. The molecule has 0 heterocycles. The molecule has 1 aromatic rings. The minimum Gasteiger partial charge on any atom is -0.496 e. The minimum absolute atomic E-state index is 0.227. The van der Waals surface area contributed by atoms with Crippen LogP contribution < -0.4 is 4.74 Å². The van der Waals surface area contributed by atoms with Crippen LogP contribution in [0.4, 0.5) is 0 Å². The molecule has 1 rings (SSSR count). The minimum atomic E-state index is -0.732. The fourth-order valence-electron chi connectivity index (χ4n) is 2.11. The van der Waals surface area contributed by atoms with E-state index in [0.717, 1.165) is 24.4 Å². The van der Waals surface area contributed by atoms with E-state index >= 15 is 0 Å². The van der Waals surface area contributed by atoms with Crippen molar-refractivity contribution in [2.45, 2.75) is 33.2 Å². The van der Waals surface area contributed by atoms with Gasteiger partial charge >= 0.3 is 5.97 Å². The van der Waals surface area contributed by atoms with E-state index in [-0.39, 0.29) is 6.42 Å². The van der Waals surface area contributed by atoms with Crippen molar-refractivity contribution in [1.82, 2.24) is 4.90 Å². The maximum atomic E-state index is 10.5. The second kappa shape index (κ2) is 7.14. The summed E-state index contributed by atoms with van der Waals surface area (Å²) < 4.78 is 5.30. The zero-order valence-corrected chi connectivity index (χ0v) is 12.2. The summed E-state index contributed by atoms with van der Waals surface area (Å²) in [5.74, 6) is 0.180. The van der Waals surface area contributed by atoms with E-state index in [9.17, 15) is 4.79 Å². The van der Waals surface area contributed by atoms with Crippen molar-refractivity contribution in [3.63, 3.8) is 0 Å². The number of ether oxygens (including phenoxy) is 1. The smallest absolute Gasteiger partial charge is 0.303 e. The number of hydrogen-bond acceptors (Lipinski definition) is 3. The number of aliphatic carboxylic acids is 1. The molecule has 0 aliphatic rings. The highest BCUT2D eigenvalue weighted by Crippen LogP contribution is 2.23. The number of methoxy groups -OCH3 is 1. The van der Waals surface area contributed by atoms with Gasteiger partial charge in [-0.3, -0.25) is 4.79 Å². The van der Waals surface area contributed by atoms with Gasteiger partial charge in [0, 0.05) is 13.0 Å². The third-order valence-electron chi connectivity index (χ3n) is 3.22. The van der Waals surface area contributed by atoms with Crippen LogP contribution in [0.25, 0.3) is 0 Å². The number of hydrogen-bond donors (Lipinski definition) is 1. The van der Waals surface area contributed by atoms with Gasteiger partial charge in [0.25, 0.3) is 0 Å². The number of carboxylic acids is 1. The van der Waals surface area contributed by atoms with Gasteiger partial charge in [-0.2, -0.15) is 0 Å². The molecule has 1 aromatic carbocycles. The molecule has 0 fully saturated rings. The summed E-state index contributed by atoms with van der Waals surface area (Å²) in [4.78, 5) is 12.6. The molecule has 106 valence electrons. The van der Waals surface area contributed by atoms with E-state index in [2.05, 4.69) is 24.0 Å². The van der Waals surface area contributed by atoms with Crippen molar-refractivity contribution in [2.75, 3.05) is 20.7 Å². The lowest BCUT2D eigenvalue weighted by molar-refractivity contribution is -0.137. The first-order valence-corrected chi connectivity index (χ1v) is 6.48. The Kier molecular flexibility index (Phi) is 5.83. The lowest BCUT2D eigenvalue weighted by Crippen LogP contribution is -2.20. The van der Waals surface area contributed by atoms with Crippen LogP contribution in [0, 0.1) is 13.8 Å². The third-order valence-corrected chi connectivity index (χ3v) is 3.22. The maximum Gasteiger partial charge on any atom is 0.303 e. The Hall–Kier alpha value is -1.55. The summed E-state index contributed by atoms with van der Waals surface area (Å²) in [5.41, 5.74) is 3.59. The number of benzene rings is 1. The molecule has 0 saturated carbocycles. The van der Waals surface area contributed by atoms with Gasteiger partial charge in [-0.15, -0.1) is 0 Å². The molecule has 0 aromatic heterocycles. The predicted molar refractivity (Wildman–Crippen MR) is 75.7 cm³/mol. The van der Waals surface area contributed by atoms with Gasteiger partial charge in [0.2, 0.25) is 0 Å². The Morgan fingerprint density at radius 3 is 2.58 bits per heavy atom. The fraction of sp³-hybridized carbons (Fsp3) is 0.533. The molecule has 0 atom stereocenters. The molecular weight excluding hydrogens is 242 g/mol. The van der Waals surface area contributed by atoms with Crippen LogP contribution in [-0.4, -0.2) is 36.7 Å². The first-order valence-electron chi connectivity index (χ1n) is 6.48. The van der Waals surface area contributed by atoms with Crippen LogP contribution in [0.2, 0.25) is 0 Å². The van der Waals surface area contributed by atoms with Crippen molar-refractivity contribution >= 4 is 5.97 Å². The number of aryl methyl sites for hydroxylation is 2. The van der Waals surface area contributed by atoms with Crippen molar-refractivity contribution in [3.8, 4) is 5.75 Å². The second-order valence-electron chi connectivity index (χ2n) is 4.98. The Morgan fingerprint density at radius 2 is 2.00 bits per heavy atom. The van der Waals surface area contributed by atoms with E-state index < -0.39 is 5.97 Å². The normalized spacial score (nSPS) is 10.8. The summed E-state index contributed by atoms with van der Waals surface area (Å²) in [6.07, 6.45) is 0.908. The lowest BCUT2D eigenvalue weighted by Gasteiger charge is -2.19. The predicted octanol–water partition coefficient (Wildman–Crippen LogP) is 2.61. The largest absolute Gasteiger partial charge is 0.496 e. The van der Waals surface area contributed by atoms with Gasteiger partial charge in [-0.1, -0.05) is 6.07 Å². The van der Waals surface area contributed by atoms with Crippen LogP contribution in [0.5, 0.6) is 5.75 Å². The molecule has 0 bridgehead atoms. The molecule has 0 spiro atoms. The second-order valence-corrected chi connectivity index (χ2v) is 4.98. The molecule has 0 radical (unpaired) electrons. The average molecular weight is 265 g/mol. The monoisotopic (exact) mass is 265 g/mol. The Bertz CT molecular complexity index is 443. The molecule has 0 saturated heterocycles. The zero-order valence-electron chi connectivity index (χ0n) is 12.2. The summed E-state index contributed by atoms with van der Waals surface area (Å²) in [6, 6.07) is 4.19. The van der Waals surface area contributed by atoms with Crippen LogP contribution in [0.15, 0.2) is 12.1 Å². The number of rotatable bonds is 7. The standard InChI is InChI=1S/C15H23NO3/c1-11-9-14(19-4)12(2)8-13(11)10-16(3)7-5-6-15(17)18/h8-9H,5-7,10H2,1-4H3,(H,17,18). The molecule has 4 nitrogen and oxygen atoms in total. The van der Waals surface area contributed by atoms with E-state index in [4.69, 9.17) is 9.84 Å². The van der Waals surface area contributed by atoms with Gasteiger partial charge in [-0.25, -0.2) is 0 Å². The molecule has 0 unspecified atom stereocenters. The van der Waals surface area contributed by atoms with Crippen molar-refractivity contribution < 1.29 is 14.6 Å². The molecule has 1 N–H and O–H groups in total. The summed E-state index contributed by atoms with van der Waals surface area (Å²) in [5, 5.41) is 8.62. The maximum absolute atomic E-state index is 10.5. The number of carboxylic acid groups (broad SMARTS) is 1. The van der Waals surface area contributed by atoms with Crippen LogP contribution >= 0.6 is 0 Å². The topological polar surface area (TPSA) is 49.8 Å². The Morgan fingerprint density at radius 1 is 1.32 bits per heavy atom. The van der Waals surface area contributed by atoms with Crippen molar-refractivity contribution in [2.24, 2.45) is 0 Å². The number of nitrogens with zero attached hydrogens (tertiary/aromatic N) is 1. The van der Waals surface area contributed by atoms with Crippen molar-refractivity contribution in [1.29, 1.82) is 0 Å². The van der Waals surface area contributed by atoms with Gasteiger partial charge in [0.15, 0.2) is 0 Å². The van der Waals surface area contributed by atoms with Gasteiger partial charge in [-0.05, 0) is 56.6 Å². The van der Waals surface area contributed by atoms with E-state index in [1.54, 1.807) is 7.11 Å². The number of carbonyl (C=O) groups is 1. The molecule has 4 heteroatoms. The van der Waals surface area contributed by atoms with Crippen molar-refractivity contribution in [3.05, 3.63) is 28.8 Å². The summed E-state index contributed by atoms with van der Waals surface area (Å²) >= 11 is 0. The van der Waals surface area contributed by atoms with Gasteiger partial charge in [0.1, 0.15) is 5.75 Å². The highest BCUT2D eigenvalue weighted by molar-refractivity contribution is 5.66. The van der Waals surface area contributed by atoms with Gasteiger partial charge < -0.3 is 14.7 Å². The van der Waals surface area contributed by atoms with E-state index in [1.165, 1.54) is 11.1 Å². The quantitative estimate of drug-likeness (QED) is 0.823. The van der Waals surface area contributed by atoms with E-state index in [0.29, 0.717) is 6.42 Å². The molecule has 0 aliphatic carbocycles. The van der Waals surface area contributed by atoms with Crippen LogP contribution in [0.3, 0.4) is 0 Å². The highest BCUT2D eigenvalue weighted by Gasteiger charge is 2.08. The Balaban J connectivity index is 2.61. The zero-order chi connectivity index (χ0) is 14.4. The Labute approximate surface area is 115 Å². The van der Waals surface area contributed by atoms with Crippen LogP contribution in [-0.2, 0) is 11.3 Å². The van der Waals surface area contributed by atoms with Crippen LogP contribution in [0.1, 0.15) is 29.5 Å². The van der Waals surface area contributed by atoms with Gasteiger partial charge in [0.05, 0.1) is 7.11 Å². The average Bonchev–Trinajstić information content (AvgIpc) is 2.32. The molecule has 19 heavy (non-hydrogen) atoms. The lowest BCUT2D eigenvalue weighted by atomic mass is 10.0. The molecule has 0 amide bonds. The molecule has 0 aliphatic heterocycles. The fourth-order valence-corrected chi connectivity index (χ4v) is 2.11. The summed E-state index contributed by atoms with van der Waals surface area (Å²) in [7, 11) is 3.69. The molecular formula is C15H23NO3. The SMILES string of the molecule is COc1cc(C)c(CN(C)CCCC(=O)O)cc1C. The third kappa shape index (κ3) is 4.91. The highest BCUT2D eigenvalue weighted by atomic mass is 16.5. The summed E-state index contributed by atoms with van der Waals surface area (Å²) in [6.45, 7) is 5.72.